The van der Waals surface area contributed by atoms with Crippen molar-refractivity contribution < 1.29 is 0 Å². The lowest BCUT2D eigenvalue weighted by Gasteiger charge is -2.08. The maximum absolute atomic E-state index is 4.94. The largest absolute Gasteiger partial charge is 0.347 e. The average Bonchev–Trinajstić information content (AvgIpc) is 3.72. The Bertz CT molecular complexity index is 1460. The van der Waals surface area contributed by atoms with Crippen LogP contribution in [0.2, 0.25) is 0 Å². The summed E-state index contributed by atoms with van der Waals surface area (Å²) in [5.41, 5.74) is 6.83. The molecule has 35 heavy (non-hydrogen) atoms. The molecule has 2 aliphatic rings. The number of hydrogen-bond acceptors (Lipinski definition) is 5. The Labute approximate surface area is 208 Å². The zero-order chi connectivity index (χ0) is 23.2. The van der Waals surface area contributed by atoms with Gasteiger partial charge in [0.15, 0.2) is 0 Å². The second-order valence-corrected chi connectivity index (χ2v) is 10.5. The molecule has 2 saturated heterocycles. The van der Waals surface area contributed by atoms with Crippen LogP contribution in [-0.4, -0.2) is 33.0 Å². The van der Waals surface area contributed by atoms with Crippen LogP contribution in [0.4, 0.5) is 0 Å². The summed E-state index contributed by atoms with van der Waals surface area (Å²) in [6.07, 6.45) is 8.79. The topological polar surface area (TPSA) is 81.4 Å². The second kappa shape index (κ2) is 8.75. The molecule has 7 heteroatoms. The normalized spacial score (nSPS) is 20.2. The predicted octanol–water partition coefficient (Wildman–Crippen LogP) is 6.20. The smallest absolute Gasteiger partial charge is 0.124 e. The van der Waals surface area contributed by atoms with Gasteiger partial charge in [0.05, 0.1) is 23.5 Å². The van der Waals surface area contributed by atoms with Gasteiger partial charge in [0.2, 0.25) is 0 Å². The first kappa shape index (κ1) is 21.1. The van der Waals surface area contributed by atoms with Crippen molar-refractivity contribution in [2.24, 2.45) is 0 Å². The summed E-state index contributed by atoms with van der Waals surface area (Å²) in [4.78, 5) is 16.6. The fraction of sp³-hybridized carbons (Fsp3) is 0.286. The Morgan fingerprint density at radius 1 is 0.686 bits per heavy atom. The number of hydrogen-bond donors (Lipinski definition) is 4. The summed E-state index contributed by atoms with van der Waals surface area (Å²) in [5.74, 6) is 2.09. The first-order valence-corrected chi connectivity index (χ1v) is 13.4. The van der Waals surface area contributed by atoms with Crippen molar-refractivity contribution in [2.45, 2.75) is 37.8 Å². The Morgan fingerprint density at radius 3 is 2.00 bits per heavy atom. The molecule has 4 N–H and O–H groups in total. The molecule has 3 aromatic heterocycles. The number of aromatic amines is 2. The maximum Gasteiger partial charge on any atom is 0.124 e. The van der Waals surface area contributed by atoms with Crippen LogP contribution in [0.1, 0.15) is 49.4 Å². The third-order valence-corrected chi connectivity index (χ3v) is 8.31. The molecule has 7 rings (SSSR count). The molecule has 0 amide bonds. The lowest BCUT2D eigenvalue weighted by atomic mass is 9.97. The molecule has 5 aromatic rings. The molecular weight excluding hydrogens is 452 g/mol. The van der Waals surface area contributed by atoms with E-state index < -0.39 is 0 Å². The van der Waals surface area contributed by atoms with Gasteiger partial charge in [-0.1, -0.05) is 36.4 Å². The molecule has 176 valence electrons. The van der Waals surface area contributed by atoms with Gasteiger partial charge in [-0.15, -0.1) is 11.3 Å². The Balaban J connectivity index is 1.18. The number of nitrogens with zero attached hydrogens (tertiary/aromatic N) is 2. The summed E-state index contributed by atoms with van der Waals surface area (Å²) >= 11 is 1.78. The van der Waals surface area contributed by atoms with E-state index in [-0.39, 0.29) is 0 Å². The van der Waals surface area contributed by atoms with Crippen molar-refractivity contribution in [1.82, 2.24) is 30.6 Å². The van der Waals surface area contributed by atoms with Crippen LogP contribution < -0.4 is 10.6 Å². The molecule has 2 atom stereocenters. The highest BCUT2D eigenvalue weighted by molar-refractivity contribution is 7.17. The van der Waals surface area contributed by atoms with Crippen molar-refractivity contribution >= 4 is 21.4 Å². The van der Waals surface area contributed by atoms with E-state index in [0.29, 0.717) is 12.1 Å². The number of imidazole rings is 2. The molecule has 0 radical (unpaired) electrons. The SMILES string of the molecule is c1cc2c(-c3ccc(-c4c[nH]c([C@@H]5CCCN5)n4)cc3)ccc(-c3c[nH]c([C@@H]4CCCN4)n3)c2s1. The van der Waals surface area contributed by atoms with E-state index in [2.05, 4.69) is 74.6 Å². The lowest BCUT2D eigenvalue weighted by molar-refractivity contribution is 0.613. The molecule has 0 aliphatic carbocycles. The Morgan fingerprint density at radius 2 is 1.31 bits per heavy atom. The van der Waals surface area contributed by atoms with Crippen LogP contribution in [0.15, 0.2) is 60.2 Å². The van der Waals surface area contributed by atoms with E-state index in [1.165, 1.54) is 39.6 Å². The fourth-order valence-corrected chi connectivity index (χ4v) is 6.43. The number of H-pyrrole nitrogens is 2. The van der Waals surface area contributed by atoms with E-state index in [9.17, 15) is 0 Å². The second-order valence-electron chi connectivity index (χ2n) is 9.54. The van der Waals surface area contributed by atoms with Crippen molar-refractivity contribution in [2.75, 3.05) is 13.1 Å². The molecular formula is C28H28N6S. The van der Waals surface area contributed by atoms with Gasteiger partial charge < -0.3 is 20.6 Å². The van der Waals surface area contributed by atoms with Gasteiger partial charge in [0, 0.05) is 33.6 Å². The van der Waals surface area contributed by atoms with Crippen LogP contribution in [0.5, 0.6) is 0 Å². The highest BCUT2D eigenvalue weighted by atomic mass is 32.1. The molecule has 0 spiro atoms. The number of benzene rings is 2. The summed E-state index contributed by atoms with van der Waals surface area (Å²) in [6, 6.07) is 16.2. The van der Waals surface area contributed by atoms with Gasteiger partial charge in [0.25, 0.3) is 0 Å². The van der Waals surface area contributed by atoms with Crippen molar-refractivity contribution in [1.29, 1.82) is 0 Å². The third kappa shape index (κ3) is 3.80. The minimum absolute atomic E-state index is 0.348. The van der Waals surface area contributed by atoms with Crippen LogP contribution in [0.25, 0.3) is 43.7 Å². The van der Waals surface area contributed by atoms with Gasteiger partial charge in [-0.3, -0.25) is 0 Å². The summed E-state index contributed by atoms with van der Waals surface area (Å²) in [5, 5.41) is 10.5. The Hall–Kier alpha value is -3.26. The number of thiophene rings is 1. The molecule has 2 aliphatic heterocycles. The van der Waals surface area contributed by atoms with Gasteiger partial charge in [-0.2, -0.15) is 0 Å². The zero-order valence-electron chi connectivity index (χ0n) is 19.5. The van der Waals surface area contributed by atoms with Crippen molar-refractivity contribution in [3.63, 3.8) is 0 Å². The highest BCUT2D eigenvalue weighted by Gasteiger charge is 2.21. The molecule has 0 bridgehead atoms. The van der Waals surface area contributed by atoms with Crippen LogP contribution >= 0.6 is 11.3 Å². The first-order chi connectivity index (χ1) is 17.3. The van der Waals surface area contributed by atoms with Crippen LogP contribution in [0, 0.1) is 0 Å². The van der Waals surface area contributed by atoms with E-state index in [0.717, 1.165) is 54.5 Å². The fourth-order valence-electron chi connectivity index (χ4n) is 5.49. The van der Waals surface area contributed by atoms with Gasteiger partial charge in [0.1, 0.15) is 11.6 Å². The zero-order valence-corrected chi connectivity index (χ0v) is 20.3. The van der Waals surface area contributed by atoms with Crippen LogP contribution in [-0.2, 0) is 0 Å². The van der Waals surface area contributed by atoms with Crippen LogP contribution in [0.3, 0.4) is 0 Å². The molecule has 0 saturated carbocycles. The third-order valence-electron chi connectivity index (χ3n) is 7.36. The predicted molar refractivity (Wildman–Crippen MR) is 142 cm³/mol. The van der Waals surface area contributed by atoms with Crippen molar-refractivity contribution in [3.8, 4) is 33.6 Å². The quantitative estimate of drug-likeness (QED) is 0.241. The molecule has 0 unspecified atom stereocenters. The first-order valence-electron chi connectivity index (χ1n) is 12.5. The summed E-state index contributed by atoms with van der Waals surface area (Å²) < 4.78 is 1.28. The standard InChI is InChI=1S/C28H28N6S/c1-3-22(29-12-1)27-31-15-24(33-27)18-7-5-17(6-8-18)19-9-10-21(26-20(19)11-14-35-26)25-16-32-28(34-25)23-4-2-13-30-23/h5-11,14-16,22-23,29-30H,1-4,12-13H2,(H,31,33)(H,32,34)/t22-,23-/m0/s1. The monoisotopic (exact) mass is 480 g/mol. The Kier molecular flexibility index (Phi) is 5.26. The average molecular weight is 481 g/mol. The van der Waals surface area contributed by atoms with E-state index in [4.69, 9.17) is 9.97 Å². The van der Waals surface area contributed by atoms with E-state index in [1.54, 1.807) is 11.3 Å². The van der Waals surface area contributed by atoms with Gasteiger partial charge in [-0.25, -0.2) is 9.97 Å². The van der Waals surface area contributed by atoms with Crippen molar-refractivity contribution in [3.05, 3.63) is 71.9 Å². The summed E-state index contributed by atoms with van der Waals surface area (Å²) in [7, 11) is 0. The number of rotatable bonds is 5. The van der Waals surface area contributed by atoms with Gasteiger partial charge in [-0.05, 0) is 61.3 Å². The number of nitrogens with one attached hydrogen (secondary N) is 4. The lowest BCUT2D eigenvalue weighted by Crippen LogP contribution is -2.14. The molecule has 2 aromatic carbocycles. The van der Waals surface area contributed by atoms with E-state index in [1.807, 2.05) is 6.20 Å². The number of fused-ring (bicyclic) bond motifs is 1. The molecule has 5 heterocycles. The summed E-state index contributed by atoms with van der Waals surface area (Å²) in [6.45, 7) is 2.15. The highest BCUT2D eigenvalue weighted by Crippen LogP contribution is 2.39. The molecule has 6 nitrogen and oxygen atoms in total. The van der Waals surface area contributed by atoms with Gasteiger partial charge >= 0.3 is 0 Å². The van der Waals surface area contributed by atoms with E-state index >= 15 is 0 Å². The maximum atomic E-state index is 4.94. The minimum Gasteiger partial charge on any atom is -0.347 e. The number of aromatic nitrogens is 4. The minimum atomic E-state index is 0.348. The molecule has 2 fully saturated rings.